The van der Waals surface area contributed by atoms with E-state index in [-0.39, 0.29) is 11.8 Å². The van der Waals surface area contributed by atoms with Gasteiger partial charge in [0.2, 0.25) is 5.91 Å². The molecule has 1 fully saturated rings. The number of piperidine rings is 1. The van der Waals surface area contributed by atoms with Gasteiger partial charge in [-0.3, -0.25) is 9.59 Å². The van der Waals surface area contributed by atoms with E-state index in [0.29, 0.717) is 29.7 Å². The number of likely N-dealkylation sites (tertiary alicyclic amines) is 1. The second-order valence-corrected chi connectivity index (χ2v) is 7.49. The van der Waals surface area contributed by atoms with Crippen LogP contribution in [0.25, 0.3) is 0 Å². The number of carbonyl (C=O) groups is 2. The molecule has 1 aromatic carbocycles. The van der Waals surface area contributed by atoms with Crippen molar-refractivity contribution in [2.45, 2.75) is 51.5 Å². The lowest BCUT2D eigenvalue weighted by Gasteiger charge is -2.34. The number of hydrogen-bond donors (Lipinski definition) is 1. The smallest absolute Gasteiger partial charge is 0.273 e. The number of nitrogens with one attached hydrogen (secondary N) is 1. The molecule has 138 valence electrons. The molecule has 1 unspecified atom stereocenters. The Morgan fingerprint density at radius 1 is 1.27 bits per heavy atom. The lowest BCUT2D eigenvalue weighted by molar-refractivity contribution is -0.116. The number of anilines is 1. The van der Waals surface area contributed by atoms with Crippen LogP contribution in [-0.4, -0.2) is 34.3 Å². The van der Waals surface area contributed by atoms with E-state index < -0.39 is 0 Å². The standard InChI is InChI=1S/C20H25N3O2S/c1-2-16-10-6-7-13-23(16)19(25)17-14-26-20(21-17)22-18(24)12-11-15-8-4-3-5-9-15/h3-5,8-9,14,16H,2,6-7,10-13H2,1H3,(H,21,22,24). The third kappa shape index (κ3) is 4.69. The first-order valence-corrected chi connectivity index (χ1v) is 10.2. The quantitative estimate of drug-likeness (QED) is 0.831. The van der Waals surface area contributed by atoms with Crippen molar-refractivity contribution in [3.8, 4) is 0 Å². The molecule has 5 nitrogen and oxygen atoms in total. The summed E-state index contributed by atoms with van der Waals surface area (Å²) in [6.45, 7) is 2.92. The molecule has 1 saturated heterocycles. The van der Waals surface area contributed by atoms with E-state index in [2.05, 4.69) is 17.2 Å². The minimum Gasteiger partial charge on any atom is -0.334 e. The minimum atomic E-state index is -0.0772. The van der Waals surface area contributed by atoms with E-state index in [4.69, 9.17) is 0 Å². The lowest BCUT2D eigenvalue weighted by atomic mass is 10.00. The summed E-state index contributed by atoms with van der Waals surface area (Å²) in [7, 11) is 0. The average Bonchev–Trinajstić information content (AvgIpc) is 3.15. The molecule has 0 saturated carbocycles. The first kappa shape index (κ1) is 18.6. The summed E-state index contributed by atoms with van der Waals surface area (Å²) in [6.07, 6.45) is 5.36. The molecular weight excluding hydrogens is 346 g/mol. The van der Waals surface area contributed by atoms with Crippen molar-refractivity contribution in [2.75, 3.05) is 11.9 Å². The molecule has 1 aromatic heterocycles. The van der Waals surface area contributed by atoms with Crippen LogP contribution < -0.4 is 5.32 Å². The van der Waals surface area contributed by atoms with E-state index in [1.807, 2.05) is 35.2 Å². The summed E-state index contributed by atoms with van der Waals surface area (Å²) in [5.41, 5.74) is 1.57. The van der Waals surface area contributed by atoms with Crippen LogP contribution >= 0.6 is 11.3 Å². The third-order valence-electron chi connectivity index (χ3n) is 4.81. The normalized spacial score (nSPS) is 17.1. The first-order chi connectivity index (χ1) is 12.7. The van der Waals surface area contributed by atoms with Crippen LogP contribution in [0, 0.1) is 0 Å². The van der Waals surface area contributed by atoms with Crippen LogP contribution in [0.15, 0.2) is 35.7 Å². The van der Waals surface area contributed by atoms with Gasteiger partial charge in [0, 0.05) is 24.4 Å². The number of thiazole rings is 1. The number of carbonyl (C=O) groups excluding carboxylic acids is 2. The van der Waals surface area contributed by atoms with Crippen LogP contribution in [0.5, 0.6) is 0 Å². The molecule has 1 atom stereocenters. The number of benzene rings is 1. The monoisotopic (exact) mass is 371 g/mol. The molecule has 0 radical (unpaired) electrons. The minimum absolute atomic E-state index is 0.0161. The van der Waals surface area contributed by atoms with E-state index in [1.54, 1.807) is 5.38 Å². The summed E-state index contributed by atoms with van der Waals surface area (Å²) in [5, 5.41) is 5.06. The summed E-state index contributed by atoms with van der Waals surface area (Å²) in [5.74, 6) is -0.0933. The zero-order valence-electron chi connectivity index (χ0n) is 15.1. The van der Waals surface area contributed by atoms with Crippen molar-refractivity contribution in [2.24, 2.45) is 0 Å². The van der Waals surface area contributed by atoms with Gasteiger partial charge < -0.3 is 10.2 Å². The van der Waals surface area contributed by atoms with E-state index >= 15 is 0 Å². The van der Waals surface area contributed by atoms with E-state index in [0.717, 1.165) is 31.4 Å². The molecule has 0 spiro atoms. The molecule has 2 heterocycles. The Morgan fingerprint density at radius 2 is 2.08 bits per heavy atom. The van der Waals surface area contributed by atoms with Crippen molar-refractivity contribution in [1.82, 2.24) is 9.88 Å². The van der Waals surface area contributed by atoms with Gasteiger partial charge in [-0.2, -0.15) is 0 Å². The Kier molecular flexibility index (Phi) is 6.39. The van der Waals surface area contributed by atoms with Gasteiger partial charge in [-0.15, -0.1) is 11.3 Å². The highest BCUT2D eigenvalue weighted by Gasteiger charge is 2.27. The molecule has 0 bridgehead atoms. The van der Waals surface area contributed by atoms with Gasteiger partial charge in [-0.05, 0) is 37.7 Å². The van der Waals surface area contributed by atoms with Crippen LogP contribution in [0.4, 0.5) is 5.13 Å². The molecule has 1 aliphatic heterocycles. The molecule has 2 amide bonds. The van der Waals surface area contributed by atoms with Gasteiger partial charge in [0.25, 0.3) is 5.91 Å². The molecule has 6 heteroatoms. The van der Waals surface area contributed by atoms with Crippen molar-refractivity contribution < 1.29 is 9.59 Å². The molecule has 1 aliphatic rings. The molecule has 0 aliphatic carbocycles. The zero-order valence-corrected chi connectivity index (χ0v) is 15.9. The first-order valence-electron chi connectivity index (χ1n) is 9.27. The van der Waals surface area contributed by atoms with Crippen LogP contribution in [0.1, 0.15) is 55.1 Å². The molecule has 2 aromatic rings. The summed E-state index contributed by atoms with van der Waals surface area (Å²) in [6, 6.07) is 10.2. The highest BCUT2D eigenvalue weighted by molar-refractivity contribution is 7.14. The zero-order chi connectivity index (χ0) is 18.4. The Morgan fingerprint density at radius 3 is 2.85 bits per heavy atom. The predicted molar refractivity (Wildman–Crippen MR) is 104 cm³/mol. The van der Waals surface area contributed by atoms with Gasteiger partial charge in [-0.1, -0.05) is 37.3 Å². The van der Waals surface area contributed by atoms with Gasteiger partial charge in [0.05, 0.1) is 0 Å². The van der Waals surface area contributed by atoms with Crippen molar-refractivity contribution in [1.29, 1.82) is 0 Å². The Balaban J connectivity index is 1.55. The molecule has 3 rings (SSSR count). The second-order valence-electron chi connectivity index (χ2n) is 6.63. The fraction of sp³-hybridized carbons (Fsp3) is 0.450. The van der Waals surface area contributed by atoms with Gasteiger partial charge in [0.1, 0.15) is 5.69 Å². The number of nitrogens with zero attached hydrogens (tertiary/aromatic N) is 2. The fourth-order valence-corrected chi connectivity index (χ4v) is 4.05. The van der Waals surface area contributed by atoms with Gasteiger partial charge in [-0.25, -0.2) is 4.98 Å². The maximum Gasteiger partial charge on any atom is 0.273 e. The van der Waals surface area contributed by atoms with Crippen LogP contribution in [-0.2, 0) is 11.2 Å². The molecule has 26 heavy (non-hydrogen) atoms. The Bertz CT molecular complexity index is 745. The van der Waals surface area contributed by atoms with Crippen molar-refractivity contribution >= 4 is 28.3 Å². The number of amides is 2. The lowest BCUT2D eigenvalue weighted by Crippen LogP contribution is -2.43. The number of rotatable bonds is 6. The van der Waals surface area contributed by atoms with Crippen LogP contribution in [0.3, 0.4) is 0 Å². The fourth-order valence-electron chi connectivity index (χ4n) is 3.35. The number of hydrogen-bond acceptors (Lipinski definition) is 4. The molecular formula is C20H25N3O2S. The maximum atomic E-state index is 12.7. The van der Waals surface area contributed by atoms with Gasteiger partial charge >= 0.3 is 0 Å². The summed E-state index contributed by atoms with van der Waals surface area (Å²) < 4.78 is 0. The number of aryl methyl sites for hydroxylation is 1. The Labute approximate surface area is 158 Å². The third-order valence-corrected chi connectivity index (χ3v) is 5.57. The maximum absolute atomic E-state index is 12.7. The average molecular weight is 372 g/mol. The SMILES string of the molecule is CCC1CCCCN1C(=O)c1csc(NC(=O)CCc2ccccc2)n1. The highest BCUT2D eigenvalue weighted by atomic mass is 32.1. The van der Waals surface area contributed by atoms with Crippen molar-refractivity contribution in [3.63, 3.8) is 0 Å². The largest absolute Gasteiger partial charge is 0.334 e. The summed E-state index contributed by atoms with van der Waals surface area (Å²) in [4.78, 5) is 31.1. The van der Waals surface area contributed by atoms with Gasteiger partial charge in [0.15, 0.2) is 5.13 Å². The predicted octanol–water partition coefficient (Wildman–Crippen LogP) is 4.12. The number of aromatic nitrogens is 1. The topological polar surface area (TPSA) is 62.3 Å². The van der Waals surface area contributed by atoms with Crippen LogP contribution in [0.2, 0.25) is 0 Å². The highest BCUT2D eigenvalue weighted by Crippen LogP contribution is 2.23. The van der Waals surface area contributed by atoms with E-state index in [9.17, 15) is 9.59 Å². The summed E-state index contributed by atoms with van der Waals surface area (Å²) >= 11 is 1.31. The van der Waals surface area contributed by atoms with Crippen molar-refractivity contribution in [3.05, 3.63) is 47.0 Å². The Hall–Kier alpha value is -2.21. The van der Waals surface area contributed by atoms with E-state index in [1.165, 1.54) is 17.8 Å². The molecule has 1 N–H and O–H groups in total. The second kappa shape index (κ2) is 8.94.